The van der Waals surface area contributed by atoms with Gasteiger partial charge >= 0.3 is 0 Å². The highest BCUT2D eigenvalue weighted by atomic mass is 32.2. The topological polar surface area (TPSA) is 72.2 Å². The van der Waals surface area contributed by atoms with E-state index in [1.54, 1.807) is 25.3 Å². The summed E-state index contributed by atoms with van der Waals surface area (Å²) >= 11 is 0. The summed E-state index contributed by atoms with van der Waals surface area (Å²) in [5, 5.41) is 0. The minimum atomic E-state index is -3.74. The third kappa shape index (κ3) is 3.40. The van der Waals surface area contributed by atoms with Crippen molar-refractivity contribution >= 4 is 15.7 Å². The van der Waals surface area contributed by atoms with Crippen molar-refractivity contribution in [2.24, 2.45) is 0 Å². The second-order valence-electron chi connectivity index (χ2n) is 4.88. The Morgan fingerprint density at radius 3 is 2.26 bits per heavy atom. The summed E-state index contributed by atoms with van der Waals surface area (Å²) in [5.41, 5.74) is 1.02. The third-order valence-corrected chi connectivity index (χ3v) is 4.56. The Kier molecular flexibility index (Phi) is 3.87. The minimum Gasteiger partial charge on any atom is -0.441 e. The van der Waals surface area contributed by atoms with E-state index >= 15 is 0 Å². The lowest BCUT2D eigenvalue weighted by molar-refractivity contribution is 0.534. The van der Waals surface area contributed by atoms with Crippen LogP contribution >= 0.6 is 0 Å². The largest absolute Gasteiger partial charge is 0.441 e. The van der Waals surface area contributed by atoms with Gasteiger partial charge in [0.1, 0.15) is 5.82 Å². The van der Waals surface area contributed by atoms with E-state index in [1.807, 2.05) is 0 Å². The number of hydrogen-bond donors (Lipinski definition) is 1. The van der Waals surface area contributed by atoms with Crippen LogP contribution in [0.15, 0.2) is 64.0 Å². The summed E-state index contributed by atoms with van der Waals surface area (Å²) in [6, 6.07) is 11.3. The number of oxazole rings is 1. The van der Waals surface area contributed by atoms with E-state index in [0.717, 1.165) is 5.56 Å². The van der Waals surface area contributed by atoms with Crippen LogP contribution in [0.4, 0.5) is 10.1 Å². The van der Waals surface area contributed by atoms with Crippen molar-refractivity contribution in [2.75, 3.05) is 4.72 Å². The molecular weight excluding hydrogens is 319 g/mol. The molecule has 3 rings (SSSR count). The number of hydrogen-bond acceptors (Lipinski definition) is 4. The first kappa shape index (κ1) is 15.2. The molecule has 23 heavy (non-hydrogen) atoms. The number of halogens is 1. The van der Waals surface area contributed by atoms with Crippen LogP contribution in [0.25, 0.3) is 11.3 Å². The molecule has 0 fully saturated rings. The van der Waals surface area contributed by atoms with Crippen molar-refractivity contribution in [1.82, 2.24) is 4.98 Å². The molecule has 0 aliphatic carbocycles. The highest BCUT2D eigenvalue weighted by molar-refractivity contribution is 7.92. The minimum absolute atomic E-state index is 0.0989. The molecule has 5 nitrogen and oxygen atoms in total. The lowest BCUT2D eigenvalue weighted by Gasteiger charge is -2.08. The SMILES string of the molecule is Cc1ncc(-c2ccc(S(=O)(=O)Nc3ccc(F)cc3)cc2)o1. The Bertz CT molecular complexity index is 917. The van der Waals surface area contributed by atoms with Crippen molar-refractivity contribution in [3.05, 3.63) is 66.4 Å². The summed E-state index contributed by atoms with van der Waals surface area (Å²) in [4.78, 5) is 4.10. The molecule has 7 heteroatoms. The van der Waals surface area contributed by atoms with Gasteiger partial charge in [-0.25, -0.2) is 17.8 Å². The van der Waals surface area contributed by atoms with Gasteiger partial charge in [-0.15, -0.1) is 0 Å². The molecule has 0 radical (unpaired) electrons. The van der Waals surface area contributed by atoms with Crippen LogP contribution in [0.5, 0.6) is 0 Å². The van der Waals surface area contributed by atoms with Gasteiger partial charge < -0.3 is 4.42 Å². The van der Waals surface area contributed by atoms with Crippen molar-refractivity contribution in [1.29, 1.82) is 0 Å². The van der Waals surface area contributed by atoms with Crippen LogP contribution in [0.1, 0.15) is 5.89 Å². The number of nitrogens with one attached hydrogen (secondary N) is 1. The number of rotatable bonds is 4. The molecule has 2 aromatic carbocycles. The van der Waals surface area contributed by atoms with Gasteiger partial charge in [-0.1, -0.05) is 0 Å². The number of benzene rings is 2. The summed E-state index contributed by atoms with van der Waals surface area (Å²) in [7, 11) is -3.74. The van der Waals surface area contributed by atoms with Crippen molar-refractivity contribution in [3.8, 4) is 11.3 Å². The van der Waals surface area contributed by atoms with Gasteiger partial charge in [0.2, 0.25) is 0 Å². The maximum Gasteiger partial charge on any atom is 0.261 e. The fraction of sp³-hybridized carbons (Fsp3) is 0.0625. The molecule has 0 aliphatic rings. The average Bonchev–Trinajstić information content (AvgIpc) is 2.96. The van der Waals surface area contributed by atoms with Gasteiger partial charge in [0.15, 0.2) is 11.7 Å². The maximum atomic E-state index is 12.9. The smallest absolute Gasteiger partial charge is 0.261 e. The quantitative estimate of drug-likeness (QED) is 0.792. The number of sulfonamides is 1. The van der Waals surface area contributed by atoms with Crippen molar-refractivity contribution in [3.63, 3.8) is 0 Å². The molecule has 0 aliphatic heterocycles. The molecule has 1 aromatic heterocycles. The Balaban J connectivity index is 1.84. The molecule has 0 atom stereocenters. The second kappa shape index (κ2) is 5.85. The van der Waals surface area contributed by atoms with E-state index in [2.05, 4.69) is 9.71 Å². The molecule has 1 N–H and O–H groups in total. The normalized spacial score (nSPS) is 11.4. The number of nitrogens with zero attached hydrogens (tertiary/aromatic N) is 1. The van der Waals surface area contributed by atoms with Crippen LogP contribution in [0, 0.1) is 12.7 Å². The van der Waals surface area contributed by atoms with Crippen LogP contribution in [0.2, 0.25) is 0 Å². The maximum absolute atomic E-state index is 12.9. The van der Waals surface area contributed by atoms with E-state index in [1.165, 1.54) is 36.4 Å². The number of aromatic nitrogens is 1. The molecule has 0 unspecified atom stereocenters. The highest BCUT2D eigenvalue weighted by Gasteiger charge is 2.15. The van der Waals surface area contributed by atoms with Crippen molar-refractivity contribution < 1.29 is 17.2 Å². The van der Waals surface area contributed by atoms with E-state index in [9.17, 15) is 12.8 Å². The van der Waals surface area contributed by atoms with E-state index < -0.39 is 15.8 Å². The van der Waals surface area contributed by atoms with E-state index in [-0.39, 0.29) is 4.90 Å². The molecule has 1 heterocycles. The zero-order chi connectivity index (χ0) is 16.4. The molecule has 0 spiro atoms. The van der Waals surface area contributed by atoms with Gasteiger partial charge in [0.25, 0.3) is 10.0 Å². The van der Waals surface area contributed by atoms with Crippen molar-refractivity contribution in [2.45, 2.75) is 11.8 Å². The van der Waals surface area contributed by atoms with E-state index in [4.69, 9.17) is 4.42 Å². The molecule has 0 saturated carbocycles. The molecule has 0 saturated heterocycles. The first-order valence-electron chi connectivity index (χ1n) is 6.75. The molecule has 118 valence electrons. The van der Waals surface area contributed by atoms with Gasteiger partial charge in [-0.2, -0.15) is 0 Å². The fourth-order valence-electron chi connectivity index (χ4n) is 2.03. The summed E-state index contributed by atoms with van der Waals surface area (Å²) in [6.45, 7) is 1.73. The summed E-state index contributed by atoms with van der Waals surface area (Å²) in [5.74, 6) is 0.673. The standard InChI is InChI=1S/C16H13FN2O3S/c1-11-18-10-16(22-11)12-2-8-15(9-3-12)23(20,21)19-14-6-4-13(17)5-7-14/h2-10,19H,1H3. The molecule has 3 aromatic rings. The Hall–Kier alpha value is -2.67. The predicted molar refractivity (Wildman–Crippen MR) is 83.9 cm³/mol. The lowest BCUT2D eigenvalue weighted by atomic mass is 10.2. The van der Waals surface area contributed by atoms with Gasteiger partial charge in [0.05, 0.1) is 11.1 Å². The first-order valence-corrected chi connectivity index (χ1v) is 8.24. The Morgan fingerprint density at radius 1 is 1.04 bits per heavy atom. The summed E-state index contributed by atoms with van der Waals surface area (Å²) in [6.07, 6.45) is 1.58. The number of aryl methyl sites for hydroxylation is 1. The molecule has 0 bridgehead atoms. The van der Waals surface area contributed by atoms with Crippen LogP contribution < -0.4 is 4.72 Å². The molecular formula is C16H13FN2O3S. The summed E-state index contributed by atoms with van der Waals surface area (Å²) < 4.78 is 45.2. The monoisotopic (exact) mass is 332 g/mol. The average molecular weight is 332 g/mol. The Morgan fingerprint density at radius 2 is 1.70 bits per heavy atom. The zero-order valence-corrected chi connectivity index (χ0v) is 13.0. The molecule has 0 amide bonds. The second-order valence-corrected chi connectivity index (χ2v) is 6.56. The van der Waals surface area contributed by atoms with Crippen LogP contribution in [0.3, 0.4) is 0 Å². The highest BCUT2D eigenvalue weighted by Crippen LogP contribution is 2.23. The third-order valence-electron chi connectivity index (χ3n) is 3.17. The Labute approximate surface area is 132 Å². The van der Waals surface area contributed by atoms with Crippen LogP contribution in [-0.2, 0) is 10.0 Å². The van der Waals surface area contributed by atoms with E-state index in [0.29, 0.717) is 17.3 Å². The van der Waals surface area contributed by atoms with Gasteiger partial charge in [0, 0.05) is 18.2 Å². The van der Waals surface area contributed by atoms with Gasteiger partial charge in [-0.3, -0.25) is 4.72 Å². The lowest BCUT2D eigenvalue weighted by Crippen LogP contribution is -2.12. The van der Waals surface area contributed by atoms with Crippen LogP contribution in [-0.4, -0.2) is 13.4 Å². The fourth-order valence-corrected chi connectivity index (χ4v) is 3.08. The first-order chi connectivity index (χ1) is 10.9. The number of anilines is 1. The van der Waals surface area contributed by atoms with Gasteiger partial charge in [-0.05, 0) is 48.5 Å². The predicted octanol–water partition coefficient (Wildman–Crippen LogP) is 3.59. The zero-order valence-electron chi connectivity index (χ0n) is 12.2.